The van der Waals surface area contributed by atoms with Crippen LogP contribution in [0.2, 0.25) is 0 Å². The summed E-state index contributed by atoms with van der Waals surface area (Å²) < 4.78 is 39.1. The number of hydrogen-bond acceptors (Lipinski definition) is 5. The molecule has 0 aromatic heterocycles. The van der Waals surface area contributed by atoms with E-state index in [1.54, 1.807) is 4.90 Å². The molecular formula is C27H36ClF2N3O3. The fourth-order valence-corrected chi connectivity index (χ4v) is 4.93. The highest BCUT2D eigenvalue weighted by molar-refractivity contribution is 5.85. The van der Waals surface area contributed by atoms with Crippen molar-refractivity contribution in [1.82, 2.24) is 4.90 Å². The summed E-state index contributed by atoms with van der Waals surface area (Å²) in [5.74, 6) is 0.159. The van der Waals surface area contributed by atoms with Crippen molar-refractivity contribution >= 4 is 24.2 Å². The molecule has 0 spiro atoms. The summed E-state index contributed by atoms with van der Waals surface area (Å²) in [5.41, 5.74) is 7.78. The number of halogens is 3. The molecule has 0 saturated carbocycles. The lowest BCUT2D eigenvalue weighted by molar-refractivity contribution is 0.0608. The van der Waals surface area contributed by atoms with Crippen molar-refractivity contribution < 1.29 is 23.0 Å². The van der Waals surface area contributed by atoms with E-state index in [1.165, 1.54) is 12.1 Å². The molecule has 2 fully saturated rings. The Balaban J connectivity index is 0.00000361. The number of rotatable bonds is 6. The van der Waals surface area contributed by atoms with Gasteiger partial charge in [0.05, 0.1) is 12.7 Å². The average Bonchev–Trinajstić information content (AvgIpc) is 2.84. The van der Waals surface area contributed by atoms with Crippen molar-refractivity contribution in [2.24, 2.45) is 11.7 Å². The van der Waals surface area contributed by atoms with Crippen LogP contribution in [-0.2, 0) is 4.74 Å². The van der Waals surface area contributed by atoms with Crippen molar-refractivity contribution in [3.8, 4) is 5.75 Å². The maximum atomic E-state index is 14.2. The van der Waals surface area contributed by atoms with Gasteiger partial charge in [-0.25, -0.2) is 13.6 Å². The Hall–Kier alpha value is -2.58. The SMILES string of the molecule is CC(C)OC(=O)N1CCC(COc2ccc(N3CC[C@H](c4cc(F)ccc4F)[C@@H](N)C3)cc2)CC1.Cl. The zero-order valence-corrected chi connectivity index (χ0v) is 21.7. The summed E-state index contributed by atoms with van der Waals surface area (Å²) in [5, 5.41) is 0. The fraction of sp³-hybridized carbons (Fsp3) is 0.519. The molecule has 0 aliphatic carbocycles. The Kier molecular flexibility index (Phi) is 9.79. The van der Waals surface area contributed by atoms with E-state index in [0.29, 0.717) is 50.7 Å². The third kappa shape index (κ3) is 7.01. The molecular weight excluding hydrogens is 488 g/mol. The van der Waals surface area contributed by atoms with E-state index in [4.69, 9.17) is 15.2 Å². The summed E-state index contributed by atoms with van der Waals surface area (Å²) in [6, 6.07) is 11.2. The molecule has 6 nitrogen and oxygen atoms in total. The number of carbonyl (C=O) groups is 1. The number of piperidine rings is 2. The van der Waals surface area contributed by atoms with Gasteiger partial charge in [-0.2, -0.15) is 0 Å². The Labute approximate surface area is 218 Å². The van der Waals surface area contributed by atoms with E-state index in [0.717, 1.165) is 30.3 Å². The second-order valence-electron chi connectivity index (χ2n) is 9.84. The number of nitrogens with zero attached hydrogens (tertiary/aromatic N) is 2. The summed E-state index contributed by atoms with van der Waals surface area (Å²) in [6.45, 7) is 6.98. The quantitative estimate of drug-likeness (QED) is 0.553. The van der Waals surface area contributed by atoms with Gasteiger partial charge in [0, 0.05) is 43.8 Å². The first-order valence-electron chi connectivity index (χ1n) is 12.4. The monoisotopic (exact) mass is 523 g/mol. The number of benzene rings is 2. The lowest BCUT2D eigenvalue weighted by Crippen LogP contribution is -2.47. The van der Waals surface area contributed by atoms with Crippen LogP contribution in [0.25, 0.3) is 0 Å². The average molecular weight is 524 g/mol. The van der Waals surface area contributed by atoms with Crippen LogP contribution >= 0.6 is 12.4 Å². The minimum atomic E-state index is -0.439. The van der Waals surface area contributed by atoms with Gasteiger partial charge in [0.2, 0.25) is 0 Å². The second kappa shape index (κ2) is 12.6. The molecule has 2 atom stereocenters. The van der Waals surface area contributed by atoms with Crippen LogP contribution in [0.1, 0.15) is 44.6 Å². The number of amides is 1. The van der Waals surface area contributed by atoms with Crippen molar-refractivity contribution in [3.63, 3.8) is 0 Å². The first-order chi connectivity index (χ1) is 16.8. The van der Waals surface area contributed by atoms with Crippen LogP contribution in [0.3, 0.4) is 0 Å². The molecule has 2 saturated heterocycles. The maximum Gasteiger partial charge on any atom is 0.410 e. The normalized spacial score (nSPS) is 20.7. The predicted molar refractivity (Wildman–Crippen MR) is 139 cm³/mol. The molecule has 4 rings (SSSR count). The summed E-state index contributed by atoms with van der Waals surface area (Å²) in [7, 11) is 0. The van der Waals surface area contributed by atoms with Gasteiger partial charge >= 0.3 is 6.09 Å². The van der Waals surface area contributed by atoms with Crippen LogP contribution in [0.15, 0.2) is 42.5 Å². The molecule has 2 aliphatic heterocycles. The van der Waals surface area contributed by atoms with Gasteiger partial charge in [-0.15, -0.1) is 12.4 Å². The Morgan fingerprint density at radius 3 is 2.39 bits per heavy atom. The molecule has 1 amide bonds. The zero-order valence-electron chi connectivity index (χ0n) is 20.9. The minimum absolute atomic E-state index is 0. The highest BCUT2D eigenvalue weighted by atomic mass is 35.5. The largest absolute Gasteiger partial charge is 0.493 e. The molecule has 2 aromatic carbocycles. The Morgan fingerprint density at radius 1 is 1.06 bits per heavy atom. The van der Waals surface area contributed by atoms with Crippen LogP contribution in [0.4, 0.5) is 19.3 Å². The van der Waals surface area contributed by atoms with Crippen LogP contribution in [0.5, 0.6) is 5.75 Å². The minimum Gasteiger partial charge on any atom is -0.493 e. The van der Waals surface area contributed by atoms with Crippen molar-refractivity contribution in [2.75, 3.05) is 37.7 Å². The summed E-state index contributed by atoms with van der Waals surface area (Å²) in [4.78, 5) is 16.0. The predicted octanol–water partition coefficient (Wildman–Crippen LogP) is 5.34. The van der Waals surface area contributed by atoms with E-state index < -0.39 is 11.6 Å². The van der Waals surface area contributed by atoms with E-state index in [9.17, 15) is 13.6 Å². The molecule has 2 aromatic rings. The van der Waals surface area contributed by atoms with Crippen LogP contribution in [-0.4, -0.2) is 55.9 Å². The number of hydrogen-bond donors (Lipinski definition) is 1. The third-order valence-electron chi connectivity index (χ3n) is 6.91. The van der Waals surface area contributed by atoms with Gasteiger partial charge in [0.15, 0.2) is 0 Å². The summed E-state index contributed by atoms with van der Waals surface area (Å²) >= 11 is 0. The molecule has 36 heavy (non-hydrogen) atoms. The third-order valence-corrected chi connectivity index (χ3v) is 6.91. The van der Waals surface area contributed by atoms with Gasteiger partial charge in [-0.05, 0) is 87.1 Å². The topological polar surface area (TPSA) is 68.0 Å². The van der Waals surface area contributed by atoms with E-state index >= 15 is 0 Å². The molecule has 9 heteroatoms. The smallest absolute Gasteiger partial charge is 0.410 e. The Morgan fingerprint density at radius 2 is 1.75 bits per heavy atom. The first kappa shape index (κ1) is 28.0. The molecule has 2 aliphatic rings. The Bertz CT molecular complexity index is 1000. The number of ether oxygens (including phenoxy) is 2. The molecule has 0 bridgehead atoms. The highest BCUT2D eigenvalue weighted by Crippen LogP contribution is 2.32. The number of carbonyl (C=O) groups excluding carboxylic acids is 1. The highest BCUT2D eigenvalue weighted by Gasteiger charge is 2.30. The molecule has 2 N–H and O–H groups in total. The molecule has 198 valence electrons. The van der Waals surface area contributed by atoms with Crippen molar-refractivity contribution in [1.29, 1.82) is 0 Å². The van der Waals surface area contributed by atoms with Crippen molar-refractivity contribution in [3.05, 3.63) is 59.7 Å². The van der Waals surface area contributed by atoms with Gasteiger partial charge in [-0.1, -0.05) is 0 Å². The first-order valence-corrected chi connectivity index (χ1v) is 12.4. The molecule has 2 heterocycles. The van der Waals surface area contributed by atoms with E-state index in [1.807, 2.05) is 38.1 Å². The van der Waals surface area contributed by atoms with Gasteiger partial charge in [0.1, 0.15) is 17.4 Å². The standard InChI is InChI=1S/C27H35F2N3O3.ClH/c1-18(2)35-27(33)31-12-9-19(10-13-31)17-34-22-6-4-21(5-7-22)32-14-11-23(26(30)16-32)24-15-20(28)3-8-25(24)29;/h3-8,15,18-19,23,26H,9-14,16-17,30H2,1-2H3;1H/t23-,26+;/m1./s1. The van der Waals surface area contributed by atoms with Crippen LogP contribution in [0, 0.1) is 17.6 Å². The van der Waals surface area contributed by atoms with E-state index in [2.05, 4.69) is 4.90 Å². The molecule has 0 unspecified atom stereocenters. The fourth-order valence-electron chi connectivity index (χ4n) is 4.93. The zero-order chi connectivity index (χ0) is 24.9. The number of likely N-dealkylation sites (tertiary alicyclic amines) is 1. The molecule has 0 radical (unpaired) electrons. The number of anilines is 1. The van der Waals surface area contributed by atoms with Crippen LogP contribution < -0.4 is 15.4 Å². The lowest BCUT2D eigenvalue weighted by atomic mass is 9.85. The number of nitrogens with two attached hydrogens (primary N) is 1. The van der Waals surface area contributed by atoms with Gasteiger partial charge in [0.25, 0.3) is 0 Å². The van der Waals surface area contributed by atoms with E-state index in [-0.39, 0.29) is 36.6 Å². The lowest BCUT2D eigenvalue weighted by Gasteiger charge is -2.38. The van der Waals surface area contributed by atoms with Gasteiger partial charge in [-0.3, -0.25) is 0 Å². The second-order valence-corrected chi connectivity index (χ2v) is 9.84. The van der Waals surface area contributed by atoms with Crippen molar-refractivity contribution in [2.45, 2.75) is 51.2 Å². The maximum absolute atomic E-state index is 14.2. The van der Waals surface area contributed by atoms with Gasteiger partial charge < -0.3 is 25.0 Å². The summed E-state index contributed by atoms with van der Waals surface area (Å²) in [6.07, 6.45) is 2.10.